The predicted octanol–water partition coefficient (Wildman–Crippen LogP) is 4.14. The van der Waals surface area contributed by atoms with Crippen LogP contribution in [-0.2, 0) is 0 Å². The lowest BCUT2D eigenvalue weighted by Crippen LogP contribution is -2.20. The van der Waals surface area contributed by atoms with Crippen molar-refractivity contribution in [1.29, 1.82) is 0 Å². The number of hydrogen-bond acceptors (Lipinski definition) is 3. The number of carbonyl (C=O) groups is 2. The third kappa shape index (κ3) is 2.28. The first-order valence-electron chi connectivity index (χ1n) is 6.03. The molecule has 0 bridgehead atoms. The number of aromatic carboxylic acids is 1. The van der Waals surface area contributed by atoms with Crippen LogP contribution in [0.1, 0.15) is 46.4 Å². The molecule has 0 saturated carbocycles. The van der Waals surface area contributed by atoms with Crippen molar-refractivity contribution in [3.05, 3.63) is 34.2 Å². The average Bonchev–Trinajstić information content (AvgIpc) is 2.65. The fourth-order valence-corrected chi connectivity index (χ4v) is 3.19. The molecule has 0 aliphatic rings. The van der Waals surface area contributed by atoms with Gasteiger partial charge in [-0.1, -0.05) is 32.9 Å². The van der Waals surface area contributed by atoms with Gasteiger partial charge in [-0.2, -0.15) is 0 Å². The number of carboxylic acid groups (broad SMARTS) is 1. The number of carbonyl (C=O) groups excluding carboxylic acids is 1. The molecule has 0 aliphatic heterocycles. The van der Waals surface area contributed by atoms with Gasteiger partial charge in [0.1, 0.15) is 4.88 Å². The van der Waals surface area contributed by atoms with Crippen LogP contribution in [0.15, 0.2) is 18.2 Å². The largest absolute Gasteiger partial charge is 0.477 e. The van der Waals surface area contributed by atoms with Crippen molar-refractivity contribution in [2.24, 2.45) is 5.41 Å². The van der Waals surface area contributed by atoms with Gasteiger partial charge in [0.25, 0.3) is 0 Å². The Kier molecular flexibility index (Phi) is 3.22. The van der Waals surface area contributed by atoms with E-state index in [2.05, 4.69) is 0 Å². The minimum atomic E-state index is -0.937. The molecule has 1 aromatic heterocycles. The van der Waals surface area contributed by atoms with Crippen molar-refractivity contribution < 1.29 is 14.7 Å². The van der Waals surface area contributed by atoms with Crippen LogP contribution in [-0.4, -0.2) is 16.9 Å². The van der Waals surface area contributed by atoms with Crippen LogP contribution in [0.5, 0.6) is 0 Å². The van der Waals surface area contributed by atoms with Crippen molar-refractivity contribution in [3.8, 4) is 0 Å². The smallest absolute Gasteiger partial charge is 0.346 e. The maximum absolute atomic E-state index is 12.4. The molecule has 4 heteroatoms. The molecule has 0 saturated heterocycles. The summed E-state index contributed by atoms with van der Waals surface area (Å²) in [4.78, 5) is 23.9. The van der Waals surface area contributed by atoms with E-state index in [0.29, 0.717) is 10.4 Å². The molecule has 19 heavy (non-hydrogen) atoms. The predicted molar refractivity (Wildman–Crippen MR) is 77.3 cm³/mol. The summed E-state index contributed by atoms with van der Waals surface area (Å²) in [5.41, 5.74) is 0.872. The zero-order valence-corrected chi connectivity index (χ0v) is 12.2. The molecule has 3 nitrogen and oxygen atoms in total. The second kappa shape index (κ2) is 4.46. The van der Waals surface area contributed by atoms with E-state index >= 15 is 0 Å². The summed E-state index contributed by atoms with van der Waals surface area (Å²) in [7, 11) is 0. The highest BCUT2D eigenvalue weighted by atomic mass is 32.1. The summed E-state index contributed by atoms with van der Waals surface area (Å²) < 4.78 is 0.775. The van der Waals surface area contributed by atoms with Crippen LogP contribution in [0.2, 0.25) is 0 Å². The standard InChI is InChI=1S/C15H16O3S/c1-8-9-6-5-7-10(13(16)15(2,3)4)12(9)19-11(8)14(17)18/h5-7H,1-4H3,(H,17,18). The number of hydrogen-bond donors (Lipinski definition) is 1. The number of fused-ring (bicyclic) bond motifs is 1. The second-order valence-electron chi connectivity index (χ2n) is 5.62. The Labute approximate surface area is 115 Å². The van der Waals surface area contributed by atoms with Gasteiger partial charge in [0, 0.05) is 15.7 Å². The number of aryl methyl sites for hydroxylation is 1. The number of ketones is 1. The quantitative estimate of drug-likeness (QED) is 0.839. The van der Waals surface area contributed by atoms with Gasteiger partial charge in [-0.25, -0.2) is 4.79 Å². The van der Waals surface area contributed by atoms with Crippen LogP contribution in [0.3, 0.4) is 0 Å². The van der Waals surface area contributed by atoms with Crippen molar-refractivity contribution in [2.75, 3.05) is 0 Å². The minimum Gasteiger partial charge on any atom is -0.477 e. The molecule has 0 amide bonds. The zero-order valence-electron chi connectivity index (χ0n) is 11.4. The van der Waals surface area contributed by atoms with E-state index in [1.54, 1.807) is 13.0 Å². The van der Waals surface area contributed by atoms with Crippen molar-refractivity contribution in [1.82, 2.24) is 0 Å². The first-order chi connectivity index (χ1) is 8.73. The maximum Gasteiger partial charge on any atom is 0.346 e. The average molecular weight is 276 g/mol. The minimum absolute atomic E-state index is 0.0382. The molecule has 0 atom stereocenters. The van der Waals surface area contributed by atoms with E-state index < -0.39 is 11.4 Å². The number of carboxylic acids is 1. The Morgan fingerprint density at radius 2 is 1.84 bits per heavy atom. The molecule has 1 N–H and O–H groups in total. The van der Waals surface area contributed by atoms with Crippen molar-refractivity contribution in [3.63, 3.8) is 0 Å². The van der Waals surface area contributed by atoms with Gasteiger partial charge >= 0.3 is 5.97 Å². The number of rotatable bonds is 2. The van der Waals surface area contributed by atoms with Gasteiger partial charge in [-0.15, -0.1) is 11.3 Å². The summed E-state index contributed by atoms with van der Waals surface area (Å²) >= 11 is 1.18. The summed E-state index contributed by atoms with van der Waals surface area (Å²) in [5, 5.41) is 10.0. The Balaban J connectivity index is 2.75. The maximum atomic E-state index is 12.4. The number of benzene rings is 1. The molecule has 100 valence electrons. The highest BCUT2D eigenvalue weighted by Crippen LogP contribution is 2.35. The van der Waals surface area contributed by atoms with Gasteiger partial charge in [0.2, 0.25) is 0 Å². The normalized spacial score (nSPS) is 11.8. The van der Waals surface area contributed by atoms with Crippen molar-refractivity contribution in [2.45, 2.75) is 27.7 Å². The summed E-state index contributed by atoms with van der Waals surface area (Å²) in [5.74, 6) is -0.899. The Morgan fingerprint density at radius 1 is 1.21 bits per heavy atom. The molecule has 2 aromatic rings. The molecule has 1 aromatic carbocycles. The third-order valence-electron chi connectivity index (χ3n) is 3.08. The molecular weight excluding hydrogens is 260 g/mol. The van der Waals surface area contributed by atoms with Crippen molar-refractivity contribution >= 4 is 33.2 Å². The van der Waals surface area contributed by atoms with Crippen LogP contribution >= 0.6 is 11.3 Å². The molecule has 0 radical (unpaired) electrons. The summed E-state index contributed by atoms with van der Waals surface area (Å²) in [6.07, 6.45) is 0. The van der Waals surface area contributed by atoms with Gasteiger partial charge < -0.3 is 5.11 Å². The van der Waals surface area contributed by atoms with Gasteiger partial charge in [-0.3, -0.25) is 4.79 Å². The summed E-state index contributed by atoms with van der Waals surface area (Å²) in [6.45, 7) is 7.39. The topological polar surface area (TPSA) is 54.4 Å². The van der Waals surface area contributed by atoms with E-state index in [1.807, 2.05) is 32.9 Å². The molecule has 0 aliphatic carbocycles. The first kappa shape index (κ1) is 13.7. The lowest BCUT2D eigenvalue weighted by atomic mass is 9.86. The van der Waals surface area contributed by atoms with Gasteiger partial charge in [0.15, 0.2) is 5.78 Å². The fourth-order valence-electron chi connectivity index (χ4n) is 2.03. The van der Waals surface area contributed by atoms with E-state index in [1.165, 1.54) is 11.3 Å². The number of Topliss-reactive ketones (excluding diaryl/α,β-unsaturated/α-hetero) is 1. The summed E-state index contributed by atoms with van der Waals surface area (Å²) in [6, 6.07) is 5.46. The molecule has 0 unspecified atom stereocenters. The van der Waals surface area contributed by atoms with Crippen LogP contribution < -0.4 is 0 Å². The lowest BCUT2D eigenvalue weighted by molar-refractivity contribution is 0.0701. The lowest BCUT2D eigenvalue weighted by Gasteiger charge is -2.16. The van der Waals surface area contributed by atoms with Gasteiger partial charge in [-0.05, 0) is 23.9 Å². The second-order valence-corrected chi connectivity index (χ2v) is 6.64. The van der Waals surface area contributed by atoms with Crippen LogP contribution in [0.25, 0.3) is 10.1 Å². The van der Waals surface area contributed by atoms with Crippen LogP contribution in [0, 0.1) is 12.3 Å². The van der Waals surface area contributed by atoms with Crippen LogP contribution in [0.4, 0.5) is 0 Å². The molecular formula is C15H16O3S. The molecule has 0 spiro atoms. The van der Waals surface area contributed by atoms with Gasteiger partial charge in [0.05, 0.1) is 0 Å². The molecule has 2 rings (SSSR count). The molecule has 0 fully saturated rings. The highest BCUT2D eigenvalue weighted by molar-refractivity contribution is 7.21. The SMILES string of the molecule is Cc1c(C(=O)O)sc2c(C(=O)C(C)(C)C)cccc12. The van der Waals surface area contributed by atoms with E-state index in [9.17, 15) is 14.7 Å². The molecule has 1 heterocycles. The Bertz CT molecular complexity index is 674. The fraction of sp³-hybridized carbons (Fsp3) is 0.333. The third-order valence-corrected chi connectivity index (χ3v) is 4.41. The van der Waals surface area contributed by atoms with E-state index in [-0.39, 0.29) is 5.78 Å². The zero-order chi connectivity index (χ0) is 14.4. The Hall–Kier alpha value is -1.68. The number of thiophene rings is 1. The highest BCUT2D eigenvalue weighted by Gasteiger charge is 2.26. The monoisotopic (exact) mass is 276 g/mol. The first-order valence-corrected chi connectivity index (χ1v) is 6.85. The van der Waals surface area contributed by atoms with E-state index in [4.69, 9.17) is 0 Å². The van der Waals surface area contributed by atoms with E-state index in [0.717, 1.165) is 15.6 Å². The Morgan fingerprint density at radius 3 is 2.37 bits per heavy atom.